The molecule has 1 aliphatic heterocycles. The van der Waals surface area contributed by atoms with Crippen molar-refractivity contribution in [3.05, 3.63) is 0 Å². The first kappa shape index (κ1) is 7.56. The van der Waals surface area contributed by atoms with E-state index in [1.54, 1.807) is 0 Å². The van der Waals surface area contributed by atoms with Gasteiger partial charge < -0.3 is 9.64 Å². The van der Waals surface area contributed by atoms with E-state index in [9.17, 15) is 0 Å². The van der Waals surface area contributed by atoms with Gasteiger partial charge in [-0.3, -0.25) is 0 Å². The lowest BCUT2D eigenvalue weighted by atomic mass is 10.00. The lowest BCUT2D eigenvalue weighted by molar-refractivity contribution is 0.0453. The Morgan fingerprint density at radius 1 is 1.36 bits per heavy atom. The second-order valence-electron chi connectivity index (χ2n) is 3.95. The van der Waals surface area contributed by atoms with Crippen molar-refractivity contribution in [3.8, 4) is 0 Å². The van der Waals surface area contributed by atoms with E-state index >= 15 is 0 Å². The number of ether oxygens (including phenoxy) is 1. The first-order valence-corrected chi connectivity index (χ1v) is 4.54. The molecule has 2 bridgehead atoms. The van der Waals surface area contributed by atoms with Crippen LogP contribution in [-0.4, -0.2) is 37.7 Å². The van der Waals surface area contributed by atoms with E-state index in [1.165, 1.54) is 25.8 Å². The number of likely N-dealkylation sites (tertiary alicyclic amines) is 1. The van der Waals surface area contributed by atoms with Crippen molar-refractivity contribution in [1.29, 1.82) is 0 Å². The van der Waals surface area contributed by atoms with Crippen LogP contribution in [0.4, 0.5) is 0 Å². The molecule has 64 valence electrons. The van der Waals surface area contributed by atoms with Crippen LogP contribution in [0, 0.1) is 5.92 Å². The molecular formula is C9H17NO. The molecular weight excluding hydrogens is 138 g/mol. The Morgan fingerprint density at radius 3 is 2.91 bits per heavy atom. The Bertz CT molecular complexity index is 146. The zero-order chi connectivity index (χ0) is 7.84. The highest BCUT2D eigenvalue weighted by molar-refractivity contribution is 4.93. The maximum absolute atomic E-state index is 5.45. The van der Waals surface area contributed by atoms with Crippen LogP contribution in [0.2, 0.25) is 0 Å². The molecule has 0 N–H and O–H groups in total. The van der Waals surface area contributed by atoms with E-state index in [0.717, 1.165) is 12.0 Å². The highest BCUT2D eigenvalue weighted by atomic mass is 16.5. The van der Waals surface area contributed by atoms with Crippen molar-refractivity contribution in [2.45, 2.75) is 31.4 Å². The summed E-state index contributed by atoms with van der Waals surface area (Å²) in [4.78, 5) is 2.46. The Kier molecular flexibility index (Phi) is 1.90. The topological polar surface area (TPSA) is 12.5 Å². The van der Waals surface area contributed by atoms with E-state index in [0.29, 0.717) is 6.10 Å². The van der Waals surface area contributed by atoms with Gasteiger partial charge in [0, 0.05) is 13.2 Å². The molecule has 1 aliphatic carbocycles. The fourth-order valence-electron chi connectivity index (χ4n) is 2.58. The predicted molar refractivity (Wildman–Crippen MR) is 44.6 cm³/mol. The molecule has 3 atom stereocenters. The van der Waals surface area contributed by atoms with Gasteiger partial charge in [0.25, 0.3) is 0 Å². The van der Waals surface area contributed by atoms with Gasteiger partial charge >= 0.3 is 0 Å². The molecule has 0 radical (unpaired) electrons. The van der Waals surface area contributed by atoms with Gasteiger partial charge in [0.1, 0.15) is 0 Å². The highest BCUT2D eigenvalue weighted by Crippen LogP contribution is 2.37. The number of hydrogen-bond acceptors (Lipinski definition) is 2. The third-order valence-corrected chi connectivity index (χ3v) is 3.33. The number of methoxy groups -OCH3 is 1. The standard InChI is InChI=1S/C9H17NO/c1-10-4-3-7-5-8(10)9(6-7)11-2/h7-9H,3-6H2,1-2H3. The zero-order valence-electron chi connectivity index (χ0n) is 7.42. The Labute approximate surface area is 68.5 Å². The van der Waals surface area contributed by atoms with Gasteiger partial charge in [0.2, 0.25) is 0 Å². The Hall–Kier alpha value is -0.0800. The van der Waals surface area contributed by atoms with Crippen LogP contribution < -0.4 is 0 Å². The first-order valence-electron chi connectivity index (χ1n) is 4.54. The van der Waals surface area contributed by atoms with Crippen LogP contribution in [0.1, 0.15) is 19.3 Å². The average molecular weight is 155 g/mol. The summed E-state index contributed by atoms with van der Waals surface area (Å²) >= 11 is 0. The molecule has 0 aromatic rings. The van der Waals surface area contributed by atoms with E-state index in [-0.39, 0.29) is 0 Å². The number of rotatable bonds is 1. The third-order valence-electron chi connectivity index (χ3n) is 3.33. The normalized spacial score (nSPS) is 44.7. The fourth-order valence-corrected chi connectivity index (χ4v) is 2.58. The number of nitrogens with zero attached hydrogens (tertiary/aromatic N) is 1. The van der Waals surface area contributed by atoms with E-state index in [4.69, 9.17) is 4.74 Å². The van der Waals surface area contributed by atoms with Crippen LogP contribution in [0.15, 0.2) is 0 Å². The minimum absolute atomic E-state index is 0.521. The van der Waals surface area contributed by atoms with Crippen LogP contribution in [0.5, 0.6) is 0 Å². The molecule has 2 nitrogen and oxygen atoms in total. The summed E-state index contributed by atoms with van der Waals surface area (Å²) in [6, 6.07) is 0.721. The summed E-state index contributed by atoms with van der Waals surface area (Å²) < 4.78 is 5.45. The molecule has 0 aromatic heterocycles. The minimum atomic E-state index is 0.521. The number of fused-ring (bicyclic) bond motifs is 2. The lowest BCUT2D eigenvalue weighted by Crippen LogP contribution is -2.40. The molecule has 2 rings (SSSR count). The monoisotopic (exact) mass is 155 g/mol. The highest BCUT2D eigenvalue weighted by Gasteiger charge is 2.39. The van der Waals surface area contributed by atoms with E-state index in [1.807, 2.05) is 7.11 Å². The van der Waals surface area contributed by atoms with Gasteiger partial charge in [-0.05, 0) is 38.8 Å². The summed E-state index contributed by atoms with van der Waals surface area (Å²) in [5, 5.41) is 0. The van der Waals surface area contributed by atoms with Gasteiger partial charge in [0.05, 0.1) is 6.10 Å². The second-order valence-corrected chi connectivity index (χ2v) is 3.95. The molecule has 2 heteroatoms. The smallest absolute Gasteiger partial charge is 0.0729 e. The third kappa shape index (κ3) is 1.18. The van der Waals surface area contributed by atoms with Crippen molar-refractivity contribution in [2.24, 2.45) is 5.92 Å². The molecule has 1 heterocycles. The minimum Gasteiger partial charge on any atom is -0.380 e. The van der Waals surface area contributed by atoms with Crippen molar-refractivity contribution in [1.82, 2.24) is 4.90 Å². The molecule has 0 spiro atoms. The molecule has 0 aromatic carbocycles. The molecule has 2 aliphatic rings. The molecule has 1 saturated carbocycles. The largest absolute Gasteiger partial charge is 0.380 e. The first-order chi connectivity index (χ1) is 5.31. The fraction of sp³-hybridized carbons (Fsp3) is 1.00. The van der Waals surface area contributed by atoms with Crippen LogP contribution in [0.3, 0.4) is 0 Å². The average Bonchev–Trinajstić information content (AvgIpc) is 2.37. The quantitative estimate of drug-likeness (QED) is 0.562. The SMILES string of the molecule is COC1CC2CCN(C)C1C2. The van der Waals surface area contributed by atoms with Gasteiger partial charge in [-0.2, -0.15) is 0 Å². The molecule has 1 saturated heterocycles. The van der Waals surface area contributed by atoms with Crippen molar-refractivity contribution in [3.63, 3.8) is 0 Å². The summed E-state index contributed by atoms with van der Waals surface area (Å²) in [5.74, 6) is 0.959. The predicted octanol–water partition coefficient (Wildman–Crippen LogP) is 1.12. The zero-order valence-corrected chi connectivity index (χ0v) is 7.42. The van der Waals surface area contributed by atoms with Crippen LogP contribution in [-0.2, 0) is 4.74 Å². The van der Waals surface area contributed by atoms with Crippen molar-refractivity contribution < 1.29 is 4.74 Å². The maximum atomic E-state index is 5.45. The van der Waals surface area contributed by atoms with Crippen molar-refractivity contribution >= 4 is 0 Å². The lowest BCUT2D eigenvalue weighted by Gasteiger charge is -2.31. The summed E-state index contributed by atoms with van der Waals surface area (Å²) in [6.45, 7) is 1.27. The molecule has 2 fully saturated rings. The molecule has 3 unspecified atom stereocenters. The van der Waals surface area contributed by atoms with Gasteiger partial charge in [-0.15, -0.1) is 0 Å². The van der Waals surface area contributed by atoms with E-state index < -0.39 is 0 Å². The second kappa shape index (κ2) is 2.76. The maximum Gasteiger partial charge on any atom is 0.0729 e. The molecule has 0 amide bonds. The van der Waals surface area contributed by atoms with Gasteiger partial charge in [-0.25, -0.2) is 0 Å². The number of likely N-dealkylation sites (N-methyl/N-ethyl adjacent to an activating group) is 1. The Balaban J connectivity index is 2.06. The van der Waals surface area contributed by atoms with Gasteiger partial charge in [0.15, 0.2) is 0 Å². The summed E-state index contributed by atoms with van der Waals surface area (Å²) in [6.07, 6.45) is 4.57. The van der Waals surface area contributed by atoms with Crippen molar-refractivity contribution in [2.75, 3.05) is 20.7 Å². The Morgan fingerprint density at radius 2 is 2.18 bits per heavy atom. The van der Waals surface area contributed by atoms with Crippen LogP contribution >= 0.6 is 0 Å². The molecule has 11 heavy (non-hydrogen) atoms. The summed E-state index contributed by atoms with van der Waals surface area (Å²) in [5.41, 5.74) is 0. The van der Waals surface area contributed by atoms with Crippen LogP contribution in [0.25, 0.3) is 0 Å². The summed E-state index contributed by atoms with van der Waals surface area (Å²) in [7, 11) is 4.07. The van der Waals surface area contributed by atoms with E-state index in [2.05, 4.69) is 11.9 Å². The number of hydrogen-bond donors (Lipinski definition) is 0. The van der Waals surface area contributed by atoms with Gasteiger partial charge in [-0.1, -0.05) is 0 Å². The number of piperidine rings is 1.